The van der Waals surface area contributed by atoms with Crippen LogP contribution in [0.2, 0.25) is 10.0 Å². The number of amides is 1. The molecule has 0 fully saturated rings. The number of benzene rings is 3. The normalized spacial score (nSPS) is 11.3. The van der Waals surface area contributed by atoms with Crippen molar-refractivity contribution in [3.8, 4) is 0 Å². The van der Waals surface area contributed by atoms with E-state index in [4.69, 9.17) is 23.2 Å². The van der Waals surface area contributed by atoms with Gasteiger partial charge in [-0.15, -0.1) is 0 Å². The number of sulfonamides is 1. The van der Waals surface area contributed by atoms with Crippen molar-refractivity contribution in [1.82, 2.24) is 5.43 Å². The van der Waals surface area contributed by atoms with Crippen LogP contribution in [-0.2, 0) is 14.8 Å². The Kier molecular flexibility index (Phi) is 7.64. The maximum absolute atomic E-state index is 13.3. The number of carbonyl (C=O) groups excluding carboxylic acids is 1. The van der Waals surface area contributed by atoms with Crippen molar-refractivity contribution in [2.24, 2.45) is 5.10 Å². The van der Waals surface area contributed by atoms with E-state index >= 15 is 0 Å². The first-order chi connectivity index (χ1) is 15.7. The molecule has 0 spiro atoms. The Morgan fingerprint density at radius 2 is 1.73 bits per heavy atom. The number of hydrogen-bond acceptors (Lipinski definition) is 6. The summed E-state index contributed by atoms with van der Waals surface area (Å²) < 4.78 is 27.5. The lowest BCUT2D eigenvalue weighted by Gasteiger charge is -2.23. The van der Waals surface area contributed by atoms with E-state index in [0.717, 1.165) is 16.4 Å². The summed E-state index contributed by atoms with van der Waals surface area (Å²) in [5.74, 6) is -0.776. The Morgan fingerprint density at radius 3 is 2.39 bits per heavy atom. The minimum absolute atomic E-state index is 0.149. The summed E-state index contributed by atoms with van der Waals surface area (Å²) in [5, 5.41) is 15.9. The minimum Gasteiger partial charge on any atom is -0.271 e. The van der Waals surface area contributed by atoms with Gasteiger partial charge in [-0.05, 0) is 30.3 Å². The van der Waals surface area contributed by atoms with Crippen molar-refractivity contribution >= 4 is 56.7 Å². The van der Waals surface area contributed by atoms with Crippen molar-refractivity contribution in [2.75, 3.05) is 10.8 Å². The summed E-state index contributed by atoms with van der Waals surface area (Å²) in [7, 11) is -4.47. The second-order valence-corrected chi connectivity index (χ2v) is 9.21. The van der Waals surface area contributed by atoms with Gasteiger partial charge in [-0.25, -0.2) is 13.8 Å². The molecule has 0 unspecified atom stereocenters. The third kappa shape index (κ3) is 5.86. The fraction of sp³-hybridized carbons (Fsp3) is 0.0476. The Hall–Kier alpha value is -3.47. The zero-order valence-corrected chi connectivity index (χ0v) is 19.1. The predicted molar refractivity (Wildman–Crippen MR) is 126 cm³/mol. The molecule has 0 aliphatic rings. The van der Waals surface area contributed by atoms with E-state index in [0.29, 0.717) is 15.6 Å². The highest BCUT2D eigenvalue weighted by Crippen LogP contribution is 2.29. The number of hydrazone groups is 1. The zero-order valence-electron chi connectivity index (χ0n) is 16.8. The van der Waals surface area contributed by atoms with E-state index in [1.807, 2.05) is 0 Å². The van der Waals surface area contributed by atoms with Crippen molar-refractivity contribution in [2.45, 2.75) is 4.90 Å². The molecule has 1 N–H and O–H groups in total. The van der Waals surface area contributed by atoms with Crippen LogP contribution in [0.5, 0.6) is 0 Å². The lowest BCUT2D eigenvalue weighted by molar-refractivity contribution is -0.387. The molecule has 0 bridgehead atoms. The Labute approximate surface area is 199 Å². The van der Waals surface area contributed by atoms with Crippen molar-refractivity contribution < 1.29 is 18.1 Å². The number of hydrogen-bond donors (Lipinski definition) is 1. The Morgan fingerprint density at radius 1 is 1.06 bits per heavy atom. The first-order valence-corrected chi connectivity index (χ1v) is 11.5. The first kappa shape index (κ1) is 24.2. The van der Waals surface area contributed by atoms with E-state index in [-0.39, 0.29) is 5.69 Å². The van der Waals surface area contributed by atoms with Crippen LogP contribution in [-0.4, -0.2) is 32.0 Å². The lowest BCUT2D eigenvalue weighted by atomic mass is 10.2. The van der Waals surface area contributed by atoms with E-state index in [1.165, 1.54) is 36.5 Å². The molecule has 33 heavy (non-hydrogen) atoms. The van der Waals surface area contributed by atoms with E-state index in [2.05, 4.69) is 10.5 Å². The first-order valence-electron chi connectivity index (χ1n) is 9.28. The molecular formula is C21H16Cl2N4O5S. The van der Waals surface area contributed by atoms with Crippen molar-refractivity contribution in [3.05, 3.63) is 98.5 Å². The average molecular weight is 507 g/mol. The fourth-order valence-electron chi connectivity index (χ4n) is 2.80. The second-order valence-electron chi connectivity index (χ2n) is 6.53. The van der Waals surface area contributed by atoms with Gasteiger partial charge in [-0.3, -0.25) is 19.2 Å². The molecule has 0 aliphatic heterocycles. The number of anilines is 1. The van der Waals surface area contributed by atoms with Gasteiger partial charge in [0, 0.05) is 16.7 Å². The highest BCUT2D eigenvalue weighted by molar-refractivity contribution is 7.93. The van der Waals surface area contributed by atoms with Crippen LogP contribution in [0.1, 0.15) is 5.56 Å². The topological polar surface area (TPSA) is 122 Å². The largest absolute Gasteiger partial charge is 0.289 e. The molecular weight excluding hydrogens is 491 g/mol. The number of para-hydroxylation sites is 2. The number of nitro groups is 1. The number of rotatable bonds is 8. The van der Waals surface area contributed by atoms with Crippen LogP contribution < -0.4 is 9.73 Å². The van der Waals surface area contributed by atoms with Gasteiger partial charge in [-0.2, -0.15) is 5.10 Å². The molecule has 3 aromatic carbocycles. The molecule has 170 valence electrons. The SMILES string of the molecule is O=C(CN(c1ccccc1)S(=O)(=O)c1ccccc1[N+](=O)[O-])N/N=C/c1ccc(Cl)cc1Cl. The summed E-state index contributed by atoms with van der Waals surface area (Å²) >= 11 is 11.9. The second kappa shape index (κ2) is 10.4. The number of halogens is 2. The number of nitrogens with zero attached hydrogens (tertiary/aromatic N) is 3. The zero-order chi connectivity index (χ0) is 24.0. The lowest BCUT2D eigenvalue weighted by Crippen LogP contribution is -2.39. The Bertz CT molecular complexity index is 1320. The van der Waals surface area contributed by atoms with Crippen LogP contribution >= 0.6 is 23.2 Å². The van der Waals surface area contributed by atoms with Crippen LogP contribution in [0.3, 0.4) is 0 Å². The molecule has 0 aliphatic carbocycles. The standard InChI is InChI=1S/C21H16Cl2N4O5S/c22-16-11-10-15(18(23)12-16)13-24-25-21(28)14-26(17-6-2-1-3-7-17)33(31,32)20-9-5-4-8-19(20)27(29)30/h1-13H,14H2,(H,25,28)/b24-13+. The summed E-state index contributed by atoms with van der Waals surface area (Å²) in [6, 6.07) is 17.4. The van der Waals surface area contributed by atoms with E-state index in [9.17, 15) is 23.3 Å². The smallest absolute Gasteiger partial charge is 0.271 e. The monoisotopic (exact) mass is 506 g/mol. The maximum Gasteiger partial charge on any atom is 0.289 e. The molecule has 0 saturated carbocycles. The Balaban J connectivity index is 1.89. The van der Waals surface area contributed by atoms with Crippen LogP contribution in [0.15, 0.2) is 82.8 Å². The van der Waals surface area contributed by atoms with Gasteiger partial charge < -0.3 is 0 Å². The minimum atomic E-state index is -4.47. The molecule has 3 rings (SSSR count). The average Bonchev–Trinajstić information content (AvgIpc) is 2.79. The van der Waals surface area contributed by atoms with Gasteiger partial charge in [0.2, 0.25) is 0 Å². The maximum atomic E-state index is 13.3. The highest BCUT2D eigenvalue weighted by atomic mass is 35.5. The molecule has 0 saturated heterocycles. The van der Waals surface area contributed by atoms with Gasteiger partial charge in [0.1, 0.15) is 6.54 Å². The van der Waals surface area contributed by atoms with Gasteiger partial charge in [0.15, 0.2) is 4.90 Å². The molecule has 1 amide bonds. The van der Waals surface area contributed by atoms with Crippen molar-refractivity contribution in [1.29, 1.82) is 0 Å². The third-order valence-electron chi connectivity index (χ3n) is 4.32. The number of nitrogens with one attached hydrogen (secondary N) is 1. The van der Waals surface area contributed by atoms with Crippen LogP contribution in [0.25, 0.3) is 0 Å². The fourth-order valence-corrected chi connectivity index (χ4v) is 4.84. The van der Waals surface area contributed by atoms with Gasteiger partial charge in [0.05, 0.1) is 21.8 Å². The van der Waals surface area contributed by atoms with Crippen molar-refractivity contribution in [3.63, 3.8) is 0 Å². The summed E-state index contributed by atoms with van der Waals surface area (Å²) in [6.45, 7) is -0.677. The summed E-state index contributed by atoms with van der Waals surface area (Å²) in [4.78, 5) is 22.6. The third-order valence-corrected chi connectivity index (χ3v) is 6.70. The van der Waals surface area contributed by atoms with Gasteiger partial charge in [-0.1, -0.05) is 59.6 Å². The summed E-state index contributed by atoms with van der Waals surface area (Å²) in [6.07, 6.45) is 1.28. The molecule has 0 heterocycles. The van der Waals surface area contributed by atoms with Crippen LogP contribution in [0.4, 0.5) is 11.4 Å². The molecule has 0 radical (unpaired) electrons. The quantitative estimate of drug-likeness (QED) is 0.278. The summed E-state index contributed by atoms with van der Waals surface area (Å²) in [5.41, 5.74) is 2.26. The van der Waals surface area contributed by atoms with Crippen LogP contribution in [0, 0.1) is 10.1 Å². The molecule has 3 aromatic rings. The molecule has 0 atom stereocenters. The number of carbonyl (C=O) groups is 1. The molecule has 12 heteroatoms. The molecule has 0 aromatic heterocycles. The van der Waals surface area contributed by atoms with E-state index < -0.39 is 38.0 Å². The predicted octanol–water partition coefficient (Wildman–Crippen LogP) is 4.25. The van der Waals surface area contributed by atoms with Gasteiger partial charge in [0.25, 0.3) is 21.6 Å². The van der Waals surface area contributed by atoms with Gasteiger partial charge >= 0.3 is 0 Å². The molecule has 9 nitrogen and oxygen atoms in total. The van der Waals surface area contributed by atoms with E-state index in [1.54, 1.807) is 30.3 Å². The number of nitro benzene ring substituents is 1. The highest BCUT2D eigenvalue weighted by Gasteiger charge is 2.33.